The van der Waals surface area contributed by atoms with Gasteiger partial charge < -0.3 is 4.74 Å². The number of rotatable bonds is 11. The quantitative estimate of drug-likeness (QED) is 0.207. The van der Waals surface area contributed by atoms with Crippen LogP contribution in [0, 0.1) is 41.2 Å². The average molecular weight is 525 g/mol. The third kappa shape index (κ3) is 8.06. The van der Waals surface area contributed by atoms with Gasteiger partial charge in [0.1, 0.15) is 0 Å². The topological polar surface area (TPSA) is 9.23 Å². The van der Waals surface area contributed by atoms with E-state index in [2.05, 4.69) is 37.3 Å². The number of ether oxygens (including phenoxy) is 1. The first-order valence-electron chi connectivity index (χ1n) is 15.7. The molecule has 1 nitrogen and oxygen atoms in total. The first kappa shape index (κ1) is 29.1. The van der Waals surface area contributed by atoms with E-state index in [0.29, 0.717) is 18.1 Å². The van der Waals surface area contributed by atoms with E-state index in [1.807, 2.05) is 6.92 Å². The Morgan fingerprint density at radius 3 is 2.18 bits per heavy atom. The van der Waals surface area contributed by atoms with Gasteiger partial charge in [-0.25, -0.2) is 4.39 Å². The van der Waals surface area contributed by atoms with Crippen LogP contribution in [0.15, 0.2) is 42.5 Å². The molecule has 0 spiro atoms. The predicted molar refractivity (Wildman–Crippen MR) is 156 cm³/mol. The van der Waals surface area contributed by atoms with E-state index < -0.39 is 11.6 Å². The van der Waals surface area contributed by atoms with E-state index >= 15 is 0 Å². The Bertz CT molecular complexity index is 945. The van der Waals surface area contributed by atoms with Gasteiger partial charge in [0.25, 0.3) is 0 Å². The molecule has 0 aliphatic heterocycles. The Morgan fingerprint density at radius 2 is 1.53 bits per heavy atom. The number of hydrogen-bond acceptors (Lipinski definition) is 1. The van der Waals surface area contributed by atoms with Crippen LogP contribution in [0.5, 0.6) is 5.75 Å². The van der Waals surface area contributed by atoms with Crippen LogP contribution in [0.3, 0.4) is 0 Å². The molecule has 1 aromatic carbocycles. The molecule has 2 saturated carbocycles. The van der Waals surface area contributed by atoms with Crippen LogP contribution >= 0.6 is 0 Å². The molecule has 1 aromatic rings. The first-order valence-corrected chi connectivity index (χ1v) is 15.7. The van der Waals surface area contributed by atoms with Crippen LogP contribution in [-0.4, -0.2) is 6.61 Å². The van der Waals surface area contributed by atoms with E-state index in [0.717, 1.165) is 67.8 Å². The molecule has 2 fully saturated rings. The van der Waals surface area contributed by atoms with Crippen LogP contribution < -0.4 is 4.74 Å². The van der Waals surface area contributed by atoms with Crippen LogP contribution in [-0.2, 0) is 0 Å². The lowest BCUT2D eigenvalue weighted by molar-refractivity contribution is 0.156. The molecule has 3 aliphatic carbocycles. The van der Waals surface area contributed by atoms with Gasteiger partial charge in [0.05, 0.1) is 6.61 Å². The maximum Gasteiger partial charge on any atom is 0.201 e. The number of halogens is 2. The maximum absolute atomic E-state index is 14.8. The zero-order valence-corrected chi connectivity index (χ0v) is 23.9. The molecule has 3 aliphatic rings. The van der Waals surface area contributed by atoms with Crippen molar-refractivity contribution in [3.8, 4) is 5.75 Å². The second kappa shape index (κ2) is 15.0. The molecule has 4 rings (SSSR count). The Balaban J connectivity index is 1.20. The normalized spacial score (nSPS) is 28.6. The summed E-state index contributed by atoms with van der Waals surface area (Å²) in [5.41, 5.74) is 1.33. The fraction of sp³-hybridized carbons (Fsp3) is 0.657. The van der Waals surface area contributed by atoms with E-state index in [9.17, 15) is 8.78 Å². The Hall–Kier alpha value is -1.90. The molecular weight excluding hydrogens is 474 g/mol. The summed E-state index contributed by atoms with van der Waals surface area (Å²) in [7, 11) is 0. The molecule has 0 heterocycles. The van der Waals surface area contributed by atoms with Gasteiger partial charge in [0.15, 0.2) is 11.6 Å². The molecule has 3 heteroatoms. The first-order chi connectivity index (χ1) is 18.6. The molecule has 0 amide bonds. The summed E-state index contributed by atoms with van der Waals surface area (Å²) in [4.78, 5) is 0. The zero-order chi connectivity index (χ0) is 26.7. The summed E-state index contributed by atoms with van der Waals surface area (Å²) in [5, 5.41) is 0. The average Bonchev–Trinajstić information content (AvgIpc) is 2.96. The molecule has 0 saturated heterocycles. The van der Waals surface area contributed by atoms with Crippen LogP contribution in [0.4, 0.5) is 8.78 Å². The van der Waals surface area contributed by atoms with Crippen molar-refractivity contribution in [3.63, 3.8) is 0 Å². The van der Waals surface area contributed by atoms with Gasteiger partial charge in [-0.15, -0.1) is 0 Å². The molecule has 0 aromatic heterocycles. The minimum Gasteiger partial charge on any atom is -0.490 e. The summed E-state index contributed by atoms with van der Waals surface area (Å²) < 4.78 is 34.7. The minimum atomic E-state index is -0.853. The summed E-state index contributed by atoms with van der Waals surface area (Å²) >= 11 is 0. The summed E-state index contributed by atoms with van der Waals surface area (Å²) in [6, 6.07) is 3.28. The molecule has 1 atom stereocenters. The molecule has 0 radical (unpaired) electrons. The van der Waals surface area contributed by atoms with Crippen molar-refractivity contribution in [1.29, 1.82) is 0 Å². The highest BCUT2D eigenvalue weighted by Gasteiger charge is 2.30. The highest BCUT2D eigenvalue weighted by molar-refractivity contribution is 5.67. The number of hydrogen-bond donors (Lipinski definition) is 0. The van der Waals surface area contributed by atoms with Gasteiger partial charge in [-0.3, -0.25) is 0 Å². The zero-order valence-electron chi connectivity index (χ0n) is 23.9. The van der Waals surface area contributed by atoms with Crippen molar-refractivity contribution >= 4 is 5.57 Å². The van der Waals surface area contributed by atoms with Crippen molar-refractivity contribution in [1.82, 2.24) is 0 Å². The molecule has 0 N–H and O–H groups in total. The standard InChI is InChI=1S/C35H50F2O/c1-3-5-7-8-26-11-17-29(18-12-26)30-19-13-27(14-20-30)9-10-28-15-21-31(22-16-28)32-23-24-33(35(37)34(32)36)38-25-6-4-2/h5,7,9-10,21,23-24,26-30H,3-4,6,8,11-20,22,25H2,1-2H3. The highest BCUT2D eigenvalue weighted by atomic mass is 19.2. The molecule has 1 unspecified atom stereocenters. The van der Waals surface area contributed by atoms with Crippen molar-refractivity contribution in [3.05, 3.63) is 59.7 Å². The monoisotopic (exact) mass is 524 g/mol. The Morgan fingerprint density at radius 1 is 0.816 bits per heavy atom. The highest BCUT2D eigenvalue weighted by Crippen LogP contribution is 2.43. The number of benzene rings is 1. The predicted octanol–water partition coefficient (Wildman–Crippen LogP) is 10.9. The van der Waals surface area contributed by atoms with Crippen molar-refractivity contribution in [2.75, 3.05) is 6.61 Å². The second-order valence-corrected chi connectivity index (χ2v) is 12.2. The number of unbranched alkanes of at least 4 members (excludes halogenated alkanes) is 1. The van der Waals surface area contributed by atoms with Gasteiger partial charge in [0, 0.05) is 5.56 Å². The SMILES string of the molecule is CCC=CCC1CCC(C2CCC(C=CC3CC=C(c4ccc(OCCCC)c(F)c4F)CC3)CC2)CC1. The summed E-state index contributed by atoms with van der Waals surface area (Å²) in [6.07, 6.45) is 30.0. The maximum atomic E-state index is 14.8. The third-order valence-electron chi connectivity index (χ3n) is 9.50. The molecule has 38 heavy (non-hydrogen) atoms. The molecule has 210 valence electrons. The third-order valence-corrected chi connectivity index (χ3v) is 9.50. The Kier molecular flexibility index (Phi) is 11.5. The van der Waals surface area contributed by atoms with E-state index in [-0.39, 0.29) is 5.75 Å². The summed E-state index contributed by atoms with van der Waals surface area (Å²) in [6.45, 7) is 4.69. The van der Waals surface area contributed by atoms with Gasteiger partial charge >= 0.3 is 0 Å². The van der Waals surface area contributed by atoms with Crippen molar-refractivity contribution in [2.45, 2.75) is 110 Å². The van der Waals surface area contributed by atoms with Gasteiger partial charge in [0.2, 0.25) is 5.82 Å². The fourth-order valence-corrected chi connectivity index (χ4v) is 6.97. The Labute approximate surface area is 230 Å². The molecule has 0 bridgehead atoms. The van der Waals surface area contributed by atoms with Crippen LogP contribution in [0.2, 0.25) is 0 Å². The van der Waals surface area contributed by atoms with Crippen LogP contribution in [0.1, 0.15) is 116 Å². The smallest absolute Gasteiger partial charge is 0.201 e. The van der Waals surface area contributed by atoms with Gasteiger partial charge in [-0.05, 0) is 137 Å². The van der Waals surface area contributed by atoms with E-state index in [4.69, 9.17) is 4.74 Å². The fourth-order valence-electron chi connectivity index (χ4n) is 6.97. The van der Waals surface area contributed by atoms with Gasteiger partial charge in [-0.2, -0.15) is 4.39 Å². The largest absolute Gasteiger partial charge is 0.490 e. The van der Waals surface area contributed by atoms with E-state index in [1.54, 1.807) is 12.1 Å². The van der Waals surface area contributed by atoms with Crippen LogP contribution in [0.25, 0.3) is 5.57 Å². The number of allylic oxidation sites excluding steroid dienone is 6. The minimum absolute atomic E-state index is 0.0270. The summed E-state index contributed by atoms with van der Waals surface area (Å²) in [5.74, 6) is 2.49. The lowest BCUT2D eigenvalue weighted by Crippen LogP contribution is -2.25. The van der Waals surface area contributed by atoms with Crippen molar-refractivity contribution in [2.24, 2.45) is 29.6 Å². The van der Waals surface area contributed by atoms with Gasteiger partial charge in [-0.1, -0.05) is 50.6 Å². The second-order valence-electron chi connectivity index (χ2n) is 12.2. The van der Waals surface area contributed by atoms with Crippen molar-refractivity contribution < 1.29 is 13.5 Å². The van der Waals surface area contributed by atoms with E-state index in [1.165, 1.54) is 57.8 Å². The lowest BCUT2D eigenvalue weighted by Gasteiger charge is -2.37. The lowest BCUT2D eigenvalue weighted by atomic mass is 9.68. The molecular formula is C35H50F2O.